The van der Waals surface area contributed by atoms with Gasteiger partial charge in [-0.3, -0.25) is 4.18 Å². The van der Waals surface area contributed by atoms with Gasteiger partial charge in [0.1, 0.15) is 17.4 Å². The minimum atomic E-state index is -3.50. The SMILES string of the molecule is CS(=O)(=O)OC[C@]12CS[C@H]1[C@H](n1cnc3c(Cl)ncnc31)CO2. The molecule has 11 heteroatoms. The van der Waals surface area contributed by atoms with Gasteiger partial charge >= 0.3 is 0 Å². The van der Waals surface area contributed by atoms with Gasteiger partial charge in [0.25, 0.3) is 10.1 Å². The van der Waals surface area contributed by atoms with Crippen molar-refractivity contribution >= 4 is 44.6 Å². The van der Waals surface area contributed by atoms with Gasteiger partial charge in [0.2, 0.25) is 0 Å². The Balaban J connectivity index is 1.63. The average molecular weight is 377 g/mol. The molecular formula is C12H13ClN4O4S2. The molecule has 4 heterocycles. The molecule has 0 amide bonds. The Bertz CT molecular complexity index is 873. The summed E-state index contributed by atoms with van der Waals surface area (Å²) in [5.74, 6) is 0.700. The van der Waals surface area contributed by atoms with Crippen LogP contribution in [0.2, 0.25) is 5.15 Å². The van der Waals surface area contributed by atoms with Crippen LogP contribution >= 0.6 is 23.4 Å². The summed E-state index contributed by atoms with van der Waals surface area (Å²) in [5, 5.41) is 0.385. The highest BCUT2D eigenvalue weighted by molar-refractivity contribution is 8.01. The van der Waals surface area contributed by atoms with Crippen molar-refractivity contribution in [3.63, 3.8) is 0 Å². The Labute approximate surface area is 141 Å². The largest absolute Gasteiger partial charge is 0.368 e. The van der Waals surface area contributed by atoms with Gasteiger partial charge in [0.05, 0.1) is 37.1 Å². The van der Waals surface area contributed by atoms with Crippen LogP contribution in [0.25, 0.3) is 11.2 Å². The third-order valence-corrected chi connectivity index (χ3v) is 6.69. The van der Waals surface area contributed by atoms with E-state index in [-0.39, 0.29) is 17.9 Å². The predicted molar refractivity (Wildman–Crippen MR) is 85.1 cm³/mol. The monoisotopic (exact) mass is 376 g/mol. The van der Waals surface area contributed by atoms with Crippen LogP contribution in [0, 0.1) is 0 Å². The predicted octanol–water partition coefficient (Wildman–Crippen LogP) is 0.881. The number of halogens is 1. The van der Waals surface area contributed by atoms with Crippen LogP contribution in [0.5, 0.6) is 0 Å². The summed E-state index contributed by atoms with van der Waals surface area (Å²) in [4.78, 5) is 12.4. The summed E-state index contributed by atoms with van der Waals surface area (Å²) >= 11 is 7.75. The van der Waals surface area contributed by atoms with Gasteiger partial charge < -0.3 is 9.30 Å². The first-order valence-electron chi connectivity index (χ1n) is 6.83. The van der Waals surface area contributed by atoms with Crippen molar-refractivity contribution in [3.8, 4) is 0 Å². The van der Waals surface area contributed by atoms with E-state index in [1.54, 1.807) is 18.1 Å². The van der Waals surface area contributed by atoms with E-state index in [1.165, 1.54) is 6.33 Å². The van der Waals surface area contributed by atoms with Gasteiger partial charge in [-0.1, -0.05) is 11.6 Å². The van der Waals surface area contributed by atoms with Gasteiger partial charge in [0.15, 0.2) is 10.8 Å². The zero-order valence-corrected chi connectivity index (χ0v) is 14.4. The number of hydrogen-bond acceptors (Lipinski definition) is 8. The van der Waals surface area contributed by atoms with Crippen molar-refractivity contribution in [2.45, 2.75) is 16.9 Å². The lowest BCUT2D eigenvalue weighted by atomic mass is 9.99. The van der Waals surface area contributed by atoms with E-state index in [0.29, 0.717) is 28.7 Å². The summed E-state index contributed by atoms with van der Waals surface area (Å²) in [6.45, 7) is 0.472. The van der Waals surface area contributed by atoms with Crippen molar-refractivity contribution in [1.29, 1.82) is 0 Å². The zero-order chi connectivity index (χ0) is 16.2. The summed E-state index contributed by atoms with van der Waals surface area (Å²) in [6.07, 6.45) is 4.11. The van der Waals surface area contributed by atoms with Crippen LogP contribution in [0.15, 0.2) is 12.7 Å². The van der Waals surface area contributed by atoms with Crippen LogP contribution in [0.1, 0.15) is 6.04 Å². The molecule has 8 nitrogen and oxygen atoms in total. The maximum Gasteiger partial charge on any atom is 0.264 e. The van der Waals surface area contributed by atoms with Crippen molar-refractivity contribution in [1.82, 2.24) is 19.5 Å². The molecular weight excluding hydrogens is 364 g/mol. The second-order valence-electron chi connectivity index (χ2n) is 5.63. The molecule has 0 aliphatic carbocycles. The molecule has 4 rings (SSSR count). The lowest BCUT2D eigenvalue weighted by molar-refractivity contribution is -0.0161. The Hall–Kier alpha value is -0.940. The van der Waals surface area contributed by atoms with E-state index in [4.69, 9.17) is 20.5 Å². The fraction of sp³-hybridized carbons (Fsp3) is 0.583. The van der Waals surface area contributed by atoms with Crippen LogP contribution in [0.4, 0.5) is 0 Å². The van der Waals surface area contributed by atoms with E-state index in [2.05, 4.69) is 15.0 Å². The second kappa shape index (κ2) is 5.28. The van der Waals surface area contributed by atoms with E-state index in [9.17, 15) is 8.42 Å². The Morgan fingerprint density at radius 1 is 1.52 bits per heavy atom. The van der Waals surface area contributed by atoms with Gasteiger partial charge in [-0.15, -0.1) is 11.8 Å². The first-order chi connectivity index (χ1) is 10.9. The third kappa shape index (κ3) is 2.52. The fourth-order valence-electron chi connectivity index (χ4n) is 2.95. The molecule has 2 saturated heterocycles. The number of thioether (sulfide) groups is 1. The molecule has 2 aromatic rings. The van der Waals surface area contributed by atoms with Crippen molar-refractivity contribution in [2.24, 2.45) is 0 Å². The third-order valence-electron chi connectivity index (χ3n) is 4.11. The highest BCUT2D eigenvalue weighted by Gasteiger charge is 2.59. The molecule has 2 aromatic heterocycles. The second-order valence-corrected chi connectivity index (χ2v) is 8.76. The Morgan fingerprint density at radius 2 is 2.35 bits per heavy atom. The standard InChI is InChI=1S/C12H13ClN4O4S2/c1-23(18,19)21-3-12-4-22-9(12)7(2-20-12)17-6-16-8-10(13)14-5-15-11(8)17/h5-7,9H,2-4H2,1H3/t7-,9+,12+/m1/s1. The fourth-order valence-corrected chi connectivity index (χ4v) is 5.01. The highest BCUT2D eigenvalue weighted by atomic mass is 35.5. The summed E-state index contributed by atoms with van der Waals surface area (Å²) in [7, 11) is -3.50. The minimum Gasteiger partial charge on any atom is -0.368 e. The number of fused-ring (bicyclic) bond motifs is 2. The van der Waals surface area contributed by atoms with Gasteiger partial charge in [-0.05, 0) is 0 Å². The van der Waals surface area contributed by atoms with Crippen LogP contribution in [0.3, 0.4) is 0 Å². The van der Waals surface area contributed by atoms with E-state index >= 15 is 0 Å². The number of nitrogens with zero attached hydrogens (tertiary/aromatic N) is 4. The summed E-state index contributed by atoms with van der Waals surface area (Å²) in [5.41, 5.74) is 0.612. The molecule has 0 spiro atoms. The van der Waals surface area contributed by atoms with Crippen molar-refractivity contribution < 1.29 is 17.3 Å². The number of hydrogen-bond donors (Lipinski definition) is 0. The molecule has 2 fully saturated rings. The van der Waals surface area contributed by atoms with Gasteiger partial charge in [-0.25, -0.2) is 15.0 Å². The molecule has 3 atom stereocenters. The Kier molecular flexibility index (Phi) is 3.58. The van der Waals surface area contributed by atoms with E-state index in [0.717, 1.165) is 6.26 Å². The average Bonchev–Trinajstić information content (AvgIpc) is 2.98. The summed E-state index contributed by atoms with van der Waals surface area (Å²) in [6, 6.07) is -0.00660. The van der Waals surface area contributed by atoms with Crippen LogP contribution < -0.4 is 0 Å². The van der Waals surface area contributed by atoms with Crippen molar-refractivity contribution in [3.05, 3.63) is 17.8 Å². The number of rotatable bonds is 4. The first-order valence-corrected chi connectivity index (χ1v) is 10.1. The molecule has 0 unspecified atom stereocenters. The minimum absolute atomic E-state index is 0.00660. The van der Waals surface area contributed by atoms with Gasteiger partial charge in [0, 0.05) is 5.75 Å². The molecule has 23 heavy (non-hydrogen) atoms. The topological polar surface area (TPSA) is 96.2 Å². The zero-order valence-electron chi connectivity index (χ0n) is 12.0. The van der Waals surface area contributed by atoms with Gasteiger partial charge in [-0.2, -0.15) is 8.42 Å². The lowest BCUT2D eigenvalue weighted by Crippen LogP contribution is -2.54. The van der Waals surface area contributed by atoms with Crippen LogP contribution in [-0.2, 0) is 19.0 Å². The normalized spacial score (nSPS) is 30.3. The molecule has 2 aliphatic heterocycles. The Morgan fingerprint density at radius 3 is 3.04 bits per heavy atom. The number of imidazole rings is 1. The quantitative estimate of drug-likeness (QED) is 0.573. The molecule has 124 valence electrons. The number of ether oxygens (including phenoxy) is 1. The van der Waals surface area contributed by atoms with E-state index < -0.39 is 15.7 Å². The molecule has 0 saturated carbocycles. The van der Waals surface area contributed by atoms with E-state index in [1.807, 2.05) is 4.57 Å². The molecule has 0 bridgehead atoms. The summed E-state index contributed by atoms with van der Waals surface area (Å²) < 4.78 is 35.3. The molecule has 0 N–H and O–H groups in total. The first kappa shape index (κ1) is 15.6. The molecule has 2 aliphatic rings. The molecule has 0 aromatic carbocycles. The number of aromatic nitrogens is 4. The maximum absolute atomic E-state index is 11.3. The lowest BCUT2D eigenvalue weighted by Gasteiger charge is -2.43. The highest BCUT2D eigenvalue weighted by Crippen LogP contribution is 2.52. The van der Waals surface area contributed by atoms with Crippen molar-refractivity contribution in [2.75, 3.05) is 25.2 Å². The molecule has 0 radical (unpaired) electrons. The smallest absolute Gasteiger partial charge is 0.264 e. The van der Waals surface area contributed by atoms with Crippen LogP contribution in [-0.4, -0.2) is 64.0 Å². The maximum atomic E-state index is 11.3.